The molecule has 0 spiro atoms. The summed E-state index contributed by atoms with van der Waals surface area (Å²) < 4.78 is 0. The number of rotatable bonds is 5. The van der Waals surface area contributed by atoms with Gasteiger partial charge in [0, 0.05) is 33.5 Å². The largest absolute Gasteiger partial charge is 0.309 e. The highest BCUT2D eigenvalue weighted by Gasteiger charge is 2.28. The fraction of sp³-hybridized carbons (Fsp3) is 0. The van der Waals surface area contributed by atoms with Gasteiger partial charge < -0.3 is 4.90 Å². The van der Waals surface area contributed by atoms with Gasteiger partial charge in [-0.2, -0.15) is 0 Å². The lowest BCUT2D eigenvalue weighted by Gasteiger charge is -2.33. The molecule has 0 bridgehead atoms. The molecular formula is C41H26N6. The van der Waals surface area contributed by atoms with Crippen LogP contribution in [0.4, 0.5) is 17.1 Å². The maximum atomic E-state index is 5.13. The van der Waals surface area contributed by atoms with Crippen molar-refractivity contribution in [3.05, 3.63) is 158 Å². The van der Waals surface area contributed by atoms with Crippen LogP contribution >= 0.6 is 0 Å². The molecule has 6 nitrogen and oxygen atoms in total. The second-order valence-corrected chi connectivity index (χ2v) is 11.4. The lowest BCUT2D eigenvalue weighted by molar-refractivity contribution is 1.07. The summed E-state index contributed by atoms with van der Waals surface area (Å²) in [6.45, 7) is 0. The van der Waals surface area contributed by atoms with Crippen molar-refractivity contribution in [2.75, 3.05) is 4.90 Å². The maximum absolute atomic E-state index is 5.13. The number of anilines is 3. The van der Waals surface area contributed by atoms with Gasteiger partial charge >= 0.3 is 0 Å². The minimum absolute atomic E-state index is 0.623. The van der Waals surface area contributed by atoms with Crippen LogP contribution < -0.4 is 4.90 Å². The summed E-state index contributed by atoms with van der Waals surface area (Å²) in [5.41, 5.74) is 9.84. The molecule has 3 heterocycles. The lowest BCUT2D eigenvalue weighted by atomic mass is 9.96. The van der Waals surface area contributed by atoms with Crippen LogP contribution in [0.15, 0.2) is 158 Å². The monoisotopic (exact) mass is 602 g/mol. The second kappa shape index (κ2) is 11.1. The van der Waals surface area contributed by atoms with Crippen LogP contribution in [0.3, 0.4) is 0 Å². The molecule has 0 fully saturated rings. The van der Waals surface area contributed by atoms with Gasteiger partial charge in [-0.05, 0) is 42.5 Å². The predicted octanol–water partition coefficient (Wildman–Crippen LogP) is 9.93. The van der Waals surface area contributed by atoms with Gasteiger partial charge in [-0.25, -0.2) is 24.9 Å². The highest BCUT2D eigenvalue weighted by molar-refractivity contribution is 6.11. The number of hydrogen-bond donors (Lipinski definition) is 0. The van der Waals surface area contributed by atoms with Crippen LogP contribution in [0.5, 0.6) is 0 Å². The molecule has 0 N–H and O–H groups in total. The molecule has 6 heteroatoms. The Balaban J connectivity index is 1.17. The summed E-state index contributed by atoms with van der Waals surface area (Å²) in [4.78, 5) is 27.1. The minimum atomic E-state index is 0.623. The first-order chi connectivity index (χ1) is 23.3. The van der Waals surface area contributed by atoms with E-state index in [4.69, 9.17) is 24.9 Å². The Morgan fingerprint density at radius 1 is 0.340 bits per heavy atom. The molecule has 0 saturated carbocycles. The Labute approximate surface area is 271 Å². The SMILES string of the molecule is c1ccc(-c2nc(-c3ccccc3)nc(-c3ccc(N4c5ccccc5-c5nc(-c6ccccc6)nc6cccc4c56)cc3)n2)cc1. The number of nitrogens with zero attached hydrogens (tertiary/aromatic N) is 6. The van der Waals surface area contributed by atoms with Gasteiger partial charge in [0.2, 0.25) is 0 Å². The van der Waals surface area contributed by atoms with Crippen LogP contribution in [-0.4, -0.2) is 24.9 Å². The van der Waals surface area contributed by atoms with E-state index in [1.54, 1.807) is 0 Å². The van der Waals surface area contributed by atoms with E-state index in [0.717, 1.165) is 67.3 Å². The summed E-state index contributed by atoms with van der Waals surface area (Å²) >= 11 is 0. The number of para-hydroxylation sites is 1. The van der Waals surface area contributed by atoms with Crippen molar-refractivity contribution in [2.24, 2.45) is 0 Å². The second-order valence-electron chi connectivity index (χ2n) is 11.4. The van der Waals surface area contributed by atoms with Crippen molar-refractivity contribution in [2.45, 2.75) is 0 Å². The van der Waals surface area contributed by atoms with Gasteiger partial charge in [-0.1, -0.05) is 115 Å². The quantitative estimate of drug-likeness (QED) is 0.195. The summed E-state index contributed by atoms with van der Waals surface area (Å²) in [7, 11) is 0. The van der Waals surface area contributed by atoms with E-state index in [9.17, 15) is 0 Å². The average Bonchev–Trinajstić information content (AvgIpc) is 3.16. The number of hydrogen-bond acceptors (Lipinski definition) is 6. The molecule has 0 unspecified atom stereocenters. The Morgan fingerprint density at radius 2 is 0.809 bits per heavy atom. The van der Waals surface area contributed by atoms with Gasteiger partial charge in [0.1, 0.15) is 0 Å². The topological polar surface area (TPSA) is 67.7 Å². The first-order valence-corrected chi connectivity index (χ1v) is 15.5. The lowest BCUT2D eigenvalue weighted by Crippen LogP contribution is -2.16. The molecule has 47 heavy (non-hydrogen) atoms. The molecule has 0 amide bonds. The van der Waals surface area contributed by atoms with E-state index in [1.807, 2.05) is 78.9 Å². The van der Waals surface area contributed by atoms with E-state index in [2.05, 4.69) is 83.8 Å². The molecule has 1 aliphatic heterocycles. The molecule has 9 rings (SSSR count). The van der Waals surface area contributed by atoms with E-state index in [-0.39, 0.29) is 0 Å². The predicted molar refractivity (Wildman–Crippen MR) is 188 cm³/mol. The first-order valence-electron chi connectivity index (χ1n) is 15.5. The zero-order valence-electron chi connectivity index (χ0n) is 25.2. The molecule has 1 aliphatic rings. The van der Waals surface area contributed by atoms with Gasteiger partial charge in [-0.3, -0.25) is 0 Å². The average molecular weight is 603 g/mol. The Hall–Kier alpha value is -6.53. The van der Waals surface area contributed by atoms with Crippen LogP contribution in [0.2, 0.25) is 0 Å². The van der Waals surface area contributed by atoms with E-state index < -0.39 is 0 Å². The third-order valence-electron chi connectivity index (χ3n) is 8.46. The van der Waals surface area contributed by atoms with Crippen LogP contribution in [0, 0.1) is 0 Å². The van der Waals surface area contributed by atoms with E-state index >= 15 is 0 Å². The number of aromatic nitrogens is 5. The fourth-order valence-electron chi connectivity index (χ4n) is 6.24. The standard InChI is InChI=1S/C41H26N6/c1-4-13-27(14-5-1)38-42-33-20-12-22-35-36(33)37(43-38)32-19-10-11-21-34(32)47(35)31-25-23-30(24-26-31)41-45-39(28-15-6-2-7-16-28)44-40(46-41)29-17-8-3-9-18-29/h1-26H. The Bertz CT molecular complexity index is 2340. The van der Waals surface area contributed by atoms with Crippen LogP contribution in [-0.2, 0) is 0 Å². The van der Waals surface area contributed by atoms with Crippen molar-refractivity contribution >= 4 is 28.0 Å². The van der Waals surface area contributed by atoms with Crippen molar-refractivity contribution in [1.29, 1.82) is 0 Å². The highest BCUT2D eigenvalue weighted by Crippen LogP contribution is 2.50. The number of benzene rings is 6. The van der Waals surface area contributed by atoms with Crippen molar-refractivity contribution in [3.8, 4) is 56.8 Å². The van der Waals surface area contributed by atoms with Gasteiger partial charge in [0.25, 0.3) is 0 Å². The molecule has 0 saturated heterocycles. The zero-order valence-corrected chi connectivity index (χ0v) is 25.2. The number of fused-ring (bicyclic) bond motifs is 2. The Kier molecular flexibility index (Phi) is 6.35. The maximum Gasteiger partial charge on any atom is 0.164 e. The first kappa shape index (κ1) is 26.8. The van der Waals surface area contributed by atoms with Gasteiger partial charge in [0.05, 0.1) is 28.0 Å². The van der Waals surface area contributed by atoms with Crippen molar-refractivity contribution < 1.29 is 0 Å². The van der Waals surface area contributed by atoms with E-state index in [1.165, 1.54) is 0 Å². The molecule has 0 atom stereocenters. The molecule has 0 radical (unpaired) electrons. The van der Waals surface area contributed by atoms with Crippen LogP contribution in [0.25, 0.3) is 67.7 Å². The molecule has 8 aromatic rings. The zero-order chi connectivity index (χ0) is 31.2. The van der Waals surface area contributed by atoms with E-state index in [0.29, 0.717) is 17.5 Å². The molecule has 220 valence electrons. The third-order valence-corrected chi connectivity index (χ3v) is 8.46. The summed E-state index contributed by atoms with van der Waals surface area (Å²) in [6.07, 6.45) is 0. The van der Waals surface area contributed by atoms with Crippen molar-refractivity contribution in [3.63, 3.8) is 0 Å². The molecule has 0 aliphatic carbocycles. The Morgan fingerprint density at radius 3 is 1.38 bits per heavy atom. The smallest absolute Gasteiger partial charge is 0.164 e. The van der Waals surface area contributed by atoms with Crippen LogP contribution in [0.1, 0.15) is 0 Å². The normalized spacial score (nSPS) is 11.8. The van der Waals surface area contributed by atoms with Crippen molar-refractivity contribution in [1.82, 2.24) is 24.9 Å². The fourth-order valence-corrected chi connectivity index (χ4v) is 6.24. The molecule has 6 aromatic carbocycles. The molecule has 2 aromatic heterocycles. The van der Waals surface area contributed by atoms with Gasteiger partial charge in [-0.15, -0.1) is 0 Å². The van der Waals surface area contributed by atoms with Gasteiger partial charge in [0.15, 0.2) is 23.3 Å². The third kappa shape index (κ3) is 4.71. The summed E-state index contributed by atoms with van der Waals surface area (Å²) in [6, 6.07) is 53.4. The summed E-state index contributed by atoms with van der Waals surface area (Å²) in [5, 5.41) is 1.03. The highest BCUT2D eigenvalue weighted by atomic mass is 15.2. The summed E-state index contributed by atoms with van der Waals surface area (Å²) in [5.74, 6) is 2.63. The molecular weight excluding hydrogens is 576 g/mol. The minimum Gasteiger partial charge on any atom is -0.309 e.